The van der Waals surface area contributed by atoms with Crippen molar-refractivity contribution in [2.75, 3.05) is 0 Å². The molecule has 1 aliphatic heterocycles. The van der Waals surface area contributed by atoms with Crippen molar-refractivity contribution in [3.8, 4) is 0 Å². The van der Waals surface area contributed by atoms with Crippen molar-refractivity contribution < 1.29 is 0 Å². The van der Waals surface area contributed by atoms with Gasteiger partial charge in [-0.3, -0.25) is 11.3 Å². The van der Waals surface area contributed by atoms with Crippen molar-refractivity contribution in [2.24, 2.45) is 12.9 Å². The summed E-state index contributed by atoms with van der Waals surface area (Å²) in [7, 11) is 1.88. The largest absolute Gasteiger partial charge is 0.271 e. The summed E-state index contributed by atoms with van der Waals surface area (Å²) >= 11 is 5.29. The highest BCUT2D eigenvalue weighted by Crippen LogP contribution is 2.42. The van der Waals surface area contributed by atoms with Gasteiger partial charge in [0.15, 0.2) is 4.60 Å². The first kappa shape index (κ1) is 13.1. The molecule has 1 aromatic heterocycles. The Hall–Kier alpha value is -0.890. The maximum absolute atomic E-state index is 5.76. The highest BCUT2D eigenvalue weighted by molar-refractivity contribution is 9.10. The zero-order valence-electron chi connectivity index (χ0n) is 10.4. The van der Waals surface area contributed by atoms with Gasteiger partial charge in [-0.15, -0.1) is 16.9 Å². The van der Waals surface area contributed by atoms with Crippen LogP contribution in [0.15, 0.2) is 33.8 Å². The Morgan fingerprint density at radius 1 is 1.53 bits per heavy atom. The Balaban J connectivity index is 1.90. The van der Waals surface area contributed by atoms with Gasteiger partial charge in [-0.25, -0.2) is 4.68 Å². The number of rotatable bonds is 3. The molecule has 3 rings (SSSR count). The molecule has 2 unspecified atom stereocenters. The van der Waals surface area contributed by atoms with Crippen LogP contribution >= 0.6 is 27.7 Å². The van der Waals surface area contributed by atoms with Crippen molar-refractivity contribution in [3.63, 3.8) is 0 Å². The first-order valence-electron chi connectivity index (χ1n) is 5.96. The molecule has 100 valence electrons. The fourth-order valence-electron chi connectivity index (χ4n) is 2.43. The van der Waals surface area contributed by atoms with Gasteiger partial charge in [-0.2, -0.15) is 0 Å². The molecule has 5 nitrogen and oxygen atoms in total. The van der Waals surface area contributed by atoms with Crippen molar-refractivity contribution in [2.45, 2.75) is 22.6 Å². The van der Waals surface area contributed by atoms with Crippen LogP contribution in [0.2, 0.25) is 0 Å². The summed E-state index contributed by atoms with van der Waals surface area (Å²) in [5.74, 6) is 5.76. The summed E-state index contributed by atoms with van der Waals surface area (Å²) < 4.78 is 2.51. The average molecular weight is 340 g/mol. The highest BCUT2D eigenvalue weighted by atomic mass is 79.9. The quantitative estimate of drug-likeness (QED) is 0.659. The summed E-state index contributed by atoms with van der Waals surface area (Å²) in [5, 5.41) is 8.39. The van der Waals surface area contributed by atoms with E-state index in [0.717, 1.165) is 16.7 Å². The van der Waals surface area contributed by atoms with E-state index in [1.807, 2.05) is 18.8 Å². The predicted octanol–water partition coefficient (Wildman–Crippen LogP) is 1.80. The van der Waals surface area contributed by atoms with Crippen molar-refractivity contribution in [1.82, 2.24) is 20.4 Å². The number of aromatic nitrogens is 3. The maximum atomic E-state index is 5.76. The second-order valence-corrected chi connectivity index (χ2v) is 6.53. The predicted molar refractivity (Wildman–Crippen MR) is 78.6 cm³/mol. The number of hydrogen-bond acceptors (Lipinski definition) is 5. The van der Waals surface area contributed by atoms with Crippen LogP contribution in [0.1, 0.15) is 17.3 Å². The van der Waals surface area contributed by atoms with E-state index in [0.29, 0.717) is 5.25 Å². The second-order valence-electron chi connectivity index (χ2n) is 4.50. The third-order valence-corrected chi connectivity index (χ3v) is 5.30. The topological polar surface area (TPSA) is 68.8 Å². The first-order chi connectivity index (χ1) is 9.20. The van der Waals surface area contributed by atoms with Crippen LogP contribution in [0, 0.1) is 0 Å². The van der Waals surface area contributed by atoms with Crippen LogP contribution in [0.4, 0.5) is 0 Å². The van der Waals surface area contributed by atoms with E-state index in [9.17, 15) is 0 Å². The Morgan fingerprint density at radius 2 is 2.32 bits per heavy atom. The van der Waals surface area contributed by atoms with Gasteiger partial charge in [0, 0.05) is 17.2 Å². The number of nitrogens with zero attached hydrogens (tertiary/aromatic N) is 3. The summed E-state index contributed by atoms with van der Waals surface area (Å²) in [6.45, 7) is 0. The number of hydrazine groups is 1. The molecule has 2 aromatic rings. The number of nitrogens with one attached hydrogen (secondary N) is 1. The minimum atomic E-state index is 0.00627. The molecule has 0 spiro atoms. The van der Waals surface area contributed by atoms with E-state index < -0.39 is 0 Å². The van der Waals surface area contributed by atoms with Crippen molar-refractivity contribution in [1.29, 1.82) is 0 Å². The van der Waals surface area contributed by atoms with Gasteiger partial charge >= 0.3 is 0 Å². The Morgan fingerprint density at radius 3 is 2.95 bits per heavy atom. The lowest BCUT2D eigenvalue weighted by Crippen LogP contribution is -2.36. The number of benzene rings is 1. The number of hydrogen-bond donors (Lipinski definition) is 2. The molecule has 0 radical (unpaired) electrons. The SMILES string of the molecule is Cn1nnc(Br)c1C(NN)C1Cc2ccccc2S1. The van der Waals surface area contributed by atoms with Gasteiger partial charge in [-0.05, 0) is 34.0 Å². The lowest BCUT2D eigenvalue weighted by molar-refractivity contribution is 0.492. The zero-order valence-corrected chi connectivity index (χ0v) is 12.8. The zero-order chi connectivity index (χ0) is 13.4. The molecule has 2 atom stereocenters. The lowest BCUT2D eigenvalue weighted by atomic mass is 10.0. The molecule has 1 aliphatic rings. The molecule has 3 N–H and O–H groups in total. The van der Waals surface area contributed by atoms with E-state index in [-0.39, 0.29) is 6.04 Å². The molecule has 1 aromatic carbocycles. The molecule has 2 heterocycles. The Labute approximate surface area is 124 Å². The van der Waals surface area contributed by atoms with E-state index in [2.05, 4.69) is 55.9 Å². The summed E-state index contributed by atoms with van der Waals surface area (Å²) in [6.07, 6.45) is 0.993. The van der Waals surface area contributed by atoms with Gasteiger partial charge in [0.25, 0.3) is 0 Å². The minimum absolute atomic E-state index is 0.00627. The third kappa shape index (κ3) is 2.31. The first-order valence-corrected chi connectivity index (χ1v) is 7.63. The minimum Gasteiger partial charge on any atom is -0.271 e. The molecule has 0 saturated carbocycles. The van der Waals surface area contributed by atoms with Crippen LogP contribution in [-0.2, 0) is 13.5 Å². The van der Waals surface area contributed by atoms with E-state index in [1.165, 1.54) is 10.5 Å². The average Bonchev–Trinajstić information content (AvgIpc) is 2.97. The molecule has 0 amide bonds. The van der Waals surface area contributed by atoms with Crippen molar-refractivity contribution >= 4 is 27.7 Å². The number of thioether (sulfide) groups is 1. The summed E-state index contributed by atoms with van der Waals surface area (Å²) in [4.78, 5) is 1.33. The number of halogens is 1. The normalized spacial score (nSPS) is 19.4. The lowest BCUT2D eigenvalue weighted by Gasteiger charge is -2.21. The molecule has 19 heavy (non-hydrogen) atoms. The van der Waals surface area contributed by atoms with Crippen LogP contribution in [-0.4, -0.2) is 20.2 Å². The van der Waals surface area contributed by atoms with E-state index in [1.54, 1.807) is 4.68 Å². The summed E-state index contributed by atoms with van der Waals surface area (Å²) in [5.41, 5.74) is 5.27. The summed E-state index contributed by atoms with van der Waals surface area (Å²) in [6, 6.07) is 8.48. The van der Waals surface area contributed by atoms with Gasteiger partial charge in [-0.1, -0.05) is 23.4 Å². The van der Waals surface area contributed by atoms with Crippen molar-refractivity contribution in [3.05, 3.63) is 40.1 Å². The van der Waals surface area contributed by atoms with Gasteiger partial charge < -0.3 is 0 Å². The van der Waals surface area contributed by atoms with Gasteiger partial charge in [0.1, 0.15) is 0 Å². The van der Waals surface area contributed by atoms with Crippen LogP contribution < -0.4 is 11.3 Å². The van der Waals surface area contributed by atoms with E-state index in [4.69, 9.17) is 5.84 Å². The van der Waals surface area contributed by atoms with Crippen LogP contribution in [0.5, 0.6) is 0 Å². The standard InChI is InChI=1S/C12H14BrN5S/c1-18-11(12(13)16-17-18)10(15-14)9-6-7-4-2-3-5-8(7)19-9/h2-5,9-10,15H,6,14H2,1H3. The third-order valence-electron chi connectivity index (χ3n) is 3.34. The Bertz CT molecular complexity index is 555. The van der Waals surface area contributed by atoms with Gasteiger partial charge in [0.05, 0.1) is 11.7 Å². The van der Waals surface area contributed by atoms with E-state index >= 15 is 0 Å². The molecule has 0 saturated heterocycles. The van der Waals surface area contributed by atoms with Crippen LogP contribution in [0.3, 0.4) is 0 Å². The van der Waals surface area contributed by atoms with Gasteiger partial charge in [0.2, 0.25) is 0 Å². The number of aryl methyl sites for hydroxylation is 1. The molecule has 0 aliphatic carbocycles. The molecule has 0 fully saturated rings. The molecular weight excluding hydrogens is 326 g/mol. The number of nitrogens with two attached hydrogens (primary N) is 1. The highest BCUT2D eigenvalue weighted by Gasteiger charge is 2.33. The van der Waals surface area contributed by atoms with Crippen LogP contribution in [0.25, 0.3) is 0 Å². The molecule has 7 heteroatoms. The smallest absolute Gasteiger partial charge is 0.153 e. The fraction of sp³-hybridized carbons (Fsp3) is 0.333. The molecular formula is C12H14BrN5S. The Kier molecular flexibility index (Phi) is 3.62. The maximum Gasteiger partial charge on any atom is 0.153 e. The molecule has 0 bridgehead atoms. The number of fused-ring (bicyclic) bond motifs is 1. The monoisotopic (exact) mass is 339 g/mol. The fourth-order valence-corrected chi connectivity index (χ4v) is 4.39. The second kappa shape index (κ2) is 5.24.